The molecule has 0 saturated carbocycles. The predicted molar refractivity (Wildman–Crippen MR) is 39.3 cm³/mol. The second kappa shape index (κ2) is 1.99. The first-order valence-electron chi connectivity index (χ1n) is 3.31. The summed E-state index contributed by atoms with van der Waals surface area (Å²) in [4.78, 5) is 25.5. The van der Waals surface area contributed by atoms with Gasteiger partial charge in [0, 0.05) is 18.7 Å². The molecule has 2 rings (SSSR count). The molecule has 0 atom stereocenters. The number of nitrogens with zero attached hydrogens (tertiary/aromatic N) is 1. The summed E-state index contributed by atoms with van der Waals surface area (Å²) >= 11 is 0. The number of carbonyl (C=O) groups excluding carboxylic acids is 2. The van der Waals surface area contributed by atoms with E-state index in [9.17, 15) is 9.59 Å². The Labute approximate surface area is 63.1 Å². The van der Waals surface area contributed by atoms with Crippen molar-refractivity contribution in [2.24, 2.45) is 4.99 Å². The molecular weight excluding hydrogens is 142 g/mol. The molecule has 0 fully saturated rings. The second-order valence-electron chi connectivity index (χ2n) is 2.44. The van der Waals surface area contributed by atoms with Crippen molar-refractivity contribution < 1.29 is 9.59 Å². The van der Waals surface area contributed by atoms with Crippen molar-refractivity contribution in [2.75, 3.05) is 0 Å². The van der Waals surface area contributed by atoms with E-state index in [-0.39, 0.29) is 0 Å². The van der Waals surface area contributed by atoms with Gasteiger partial charge in [0.1, 0.15) is 0 Å². The van der Waals surface area contributed by atoms with Crippen molar-refractivity contribution in [3.8, 4) is 0 Å². The zero-order chi connectivity index (χ0) is 7.84. The third-order valence-corrected chi connectivity index (χ3v) is 1.69. The topological polar surface area (TPSA) is 46.5 Å². The lowest BCUT2D eigenvalue weighted by Gasteiger charge is -2.02. The van der Waals surface area contributed by atoms with Crippen molar-refractivity contribution in [3.05, 3.63) is 23.4 Å². The molecular formula is C8H5NO2. The van der Waals surface area contributed by atoms with Gasteiger partial charge in [-0.3, -0.25) is 14.6 Å². The number of fused-ring (bicyclic) bond motifs is 1. The zero-order valence-corrected chi connectivity index (χ0v) is 5.70. The molecule has 1 aliphatic carbocycles. The minimum Gasteiger partial charge on any atom is -0.286 e. The third kappa shape index (κ3) is 0.852. The first kappa shape index (κ1) is 6.22. The smallest absolute Gasteiger partial charge is 0.227 e. The van der Waals surface area contributed by atoms with Gasteiger partial charge < -0.3 is 0 Å². The highest BCUT2D eigenvalue weighted by molar-refractivity contribution is 6.47. The molecule has 0 aromatic heterocycles. The van der Waals surface area contributed by atoms with Crippen LogP contribution in [0.15, 0.2) is 28.4 Å². The van der Waals surface area contributed by atoms with Gasteiger partial charge in [-0.1, -0.05) is 0 Å². The van der Waals surface area contributed by atoms with Crippen LogP contribution in [0.25, 0.3) is 0 Å². The summed E-state index contributed by atoms with van der Waals surface area (Å²) in [5.74, 6) is -0.906. The Morgan fingerprint density at radius 2 is 1.91 bits per heavy atom. The number of hydrogen-bond donors (Lipinski definition) is 0. The maximum Gasteiger partial charge on any atom is 0.227 e. The molecule has 0 bridgehead atoms. The van der Waals surface area contributed by atoms with Crippen LogP contribution in [0.4, 0.5) is 0 Å². The average Bonchev–Trinajstić information content (AvgIpc) is 2.36. The second-order valence-corrected chi connectivity index (χ2v) is 2.44. The van der Waals surface area contributed by atoms with E-state index in [0.29, 0.717) is 12.1 Å². The molecule has 3 nitrogen and oxygen atoms in total. The molecule has 0 aromatic carbocycles. The molecule has 0 unspecified atom stereocenters. The lowest BCUT2D eigenvalue weighted by Crippen LogP contribution is -2.12. The highest BCUT2D eigenvalue weighted by Gasteiger charge is 2.21. The lowest BCUT2D eigenvalue weighted by molar-refractivity contribution is -0.131. The van der Waals surface area contributed by atoms with E-state index in [0.717, 1.165) is 5.57 Å². The fourth-order valence-electron chi connectivity index (χ4n) is 1.12. The Kier molecular flexibility index (Phi) is 1.12. The van der Waals surface area contributed by atoms with Crippen LogP contribution in [0.5, 0.6) is 0 Å². The van der Waals surface area contributed by atoms with E-state index >= 15 is 0 Å². The molecule has 0 radical (unpaired) electrons. The maximum atomic E-state index is 10.8. The normalized spacial score (nSPS) is 21.5. The van der Waals surface area contributed by atoms with Crippen LogP contribution in [0.2, 0.25) is 0 Å². The van der Waals surface area contributed by atoms with Crippen LogP contribution in [0.1, 0.15) is 6.42 Å². The number of carbonyl (C=O) groups is 2. The Morgan fingerprint density at radius 3 is 2.73 bits per heavy atom. The number of aliphatic imine (C=N–C) groups is 1. The van der Waals surface area contributed by atoms with E-state index in [1.165, 1.54) is 12.2 Å². The average molecular weight is 147 g/mol. The van der Waals surface area contributed by atoms with Gasteiger partial charge in [0.25, 0.3) is 0 Å². The van der Waals surface area contributed by atoms with Crippen LogP contribution in [-0.4, -0.2) is 17.8 Å². The van der Waals surface area contributed by atoms with E-state index in [2.05, 4.69) is 4.99 Å². The van der Waals surface area contributed by atoms with Gasteiger partial charge in [0.2, 0.25) is 11.6 Å². The molecule has 0 amide bonds. The molecule has 0 spiro atoms. The Bertz CT molecular complexity index is 334. The molecule has 0 saturated heterocycles. The molecule has 54 valence electrons. The monoisotopic (exact) mass is 147 g/mol. The fraction of sp³-hybridized carbons (Fsp3) is 0.125. The number of hydrogen-bond acceptors (Lipinski definition) is 3. The standard InChI is InChI=1S/C8H5NO2/c10-7-3-5-1-2-9-6(5)4-8(7)11/h2-4H,1H2. The van der Waals surface area contributed by atoms with Gasteiger partial charge in [-0.2, -0.15) is 0 Å². The van der Waals surface area contributed by atoms with Crippen LogP contribution < -0.4 is 0 Å². The summed E-state index contributed by atoms with van der Waals surface area (Å²) in [7, 11) is 0. The van der Waals surface area contributed by atoms with E-state index < -0.39 is 11.6 Å². The van der Waals surface area contributed by atoms with Crippen LogP contribution in [0.3, 0.4) is 0 Å². The molecule has 0 N–H and O–H groups in total. The maximum absolute atomic E-state index is 10.8. The van der Waals surface area contributed by atoms with Crippen molar-refractivity contribution in [1.82, 2.24) is 0 Å². The highest BCUT2D eigenvalue weighted by Crippen LogP contribution is 2.23. The minimum atomic E-state index is -0.470. The van der Waals surface area contributed by atoms with E-state index in [1.807, 2.05) is 0 Å². The molecule has 1 heterocycles. The Balaban J connectivity index is 2.50. The summed E-state index contributed by atoms with van der Waals surface area (Å²) in [6.45, 7) is 0. The van der Waals surface area contributed by atoms with Crippen molar-refractivity contribution in [2.45, 2.75) is 6.42 Å². The van der Waals surface area contributed by atoms with E-state index in [4.69, 9.17) is 0 Å². The van der Waals surface area contributed by atoms with Gasteiger partial charge >= 0.3 is 0 Å². The summed E-state index contributed by atoms with van der Waals surface area (Å²) in [6, 6.07) is 0. The quantitative estimate of drug-likeness (QED) is 0.368. The minimum absolute atomic E-state index is 0.436. The number of ketones is 2. The van der Waals surface area contributed by atoms with Crippen molar-refractivity contribution >= 4 is 17.8 Å². The highest BCUT2D eigenvalue weighted by atomic mass is 16.2. The van der Waals surface area contributed by atoms with Gasteiger partial charge in [-0.15, -0.1) is 0 Å². The van der Waals surface area contributed by atoms with Crippen molar-refractivity contribution in [3.63, 3.8) is 0 Å². The largest absolute Gasteiger partial charge is 0.286 e. The Hall–Kier alpha value is -1.51. The van der Waals surface area contributed by atoms with Gasteiger partial charge in [-0.25, -0.2) is 0 Å². The van der Waals surface area contributed by atoms with Crippen LogP contribution >= 0.6 is 0 Å². The summed E-state index contributed by atoms with van der Waals surface area (Å²) in [5, 5.41) is 0. The first-order chi connectivity index (χ1) is 5.27. The summed E-state index contributed by atoms with van der Waals surface area (Å²) < 4.78 is 0. The molecule has 0 aromatic rings. The summed E-state index contributed by atoms with van der Waals surface area (Å²) in [6.07, 6.45) is 5.03. The molecule has 2 aliphatic rings. The first-order valence-corrected chi connectivity index (χ1v) is 3.31. The predicted octanol–water partition coefficient (Wildman–Crippen LogP) is 0.423. The fourth-order valence-corrected chi connectivity index (χ4v) is 1.12. The number of allylic oxidation sites excluding steroid dienone is 3. The molecule has 3 heteroatoms. The van der Waals surface area contributed by atoms with Crippen LogP contribution in [-0.2, 0) is 9.59 Å². The molecule has 11 heavy (non-hydrogen) atoms. The van der Waals surface area contributed by atoms with Crippen molar-refractivity contribution in [1.29, 1.82) is 0 Å². The third-order valence-electron chi connectivity index (χ3n) is 1.69. The van der Waals surface area contributed by atoms with Crippen LogP contribution in [0, 0.1) is 0 Å². The Morgan fingerprint density at radius 1 is 1.18 bits per heavy atom. The van der Waals surface area contributed by atoms with Gasteiger partial charge in [-0.05, 0) is 11.6 Å². The SMILES string of the molecule is O=C1C=C2CC=NC2=CC1=O. The van der Waals surface area contributed by atoms with E-state index in [1.54, 1.807) is 6.21 Å². The zero-order valence-electron chi connectivity index (χ0n) is 5.70. The lowest BCUT2D eigenvalue weighted by atomic mass is 10.0. The molecule has 1 aliphatic heterocycles. The van der Waals surface area contributed by atoms with Gasteiger partial charge in [0.15, 0.2) is 0 Å². The summed E-state index contributed by atoms with van der Waals surface area (Å²) in [5.41, 5.74) is 1.50. The van der Waals surface area contributed by atoms with Gasteiger partial charge in [0.05, 0.1) is 5.70 Å². The number of rotatable bonds is 0.